The summed E-state index contributed by atoms with van der Waals surface area (Å²) in [5.74, 6) is 0. The Morgan fingerprint density at radius 3 is 1.68 bits per heavy atom. The van der Waals surface area contributed by atoms with Crippen LogP contribution in [0.4, 0.5) is 0 Å². The molecule has 2 saturated heterocycles. The molecule has 2 fully saturated rings. The second kappa shape index (κ2) is 9.70. The highest BCUT2D eigenvalue weighted by Gasteiger charge is 2.16. The summed E-state index contributed by atoms with van der Waals surface area (Å²) in [4.78, 5) is 0. The van der Waals surface area contributed by atoms with E-state index in [0.29, 0.717) is 24.4 Å². The van der Waals surface area contributed by atoms with Gasteiger partial charge in [-0.1, -0.05) is 0 Å². The van der Waals surface area contributed by atoms with E-state index in [2.05, 4.69) is 27.7 Å². The minimum absolute atomic E-state index is 0.344. The van der Waals surface area contributed by atoms with Crippen molar-refractivity contribution in [1.82, 2.24) is 0 Å². The fraction of sp³-hybridized carbons (Fsp3) is 1.00. The molecule has 0 aliphatic carbocycles. The molecule has 0 aromatic carbocycles. The molecule has 2 aliphatic rings. The van der Waals surface area contributed by atoms with Crippen LogP contribution in [0.5, 0.6) is 0 Å². The Bertz CT molecular complexity index is 206. The van der Waals surface area contributed by atoms with E-state index < -0.39 is 0 Å². The van der Waals surface area contributed by atoms with Crippen LogP contribution >= 0.6 is 0 Å². The standard InChI is InChI=1S/C8H16O2.C7H14O2/c1-7(2)10-8-3-5-9-6-4-8;1-6(2)9-7-3-4-8-5-7/h7-8H,3-6H2,1-2H3;6-7H,3-5H2,1-2H3. The topological polar surface area (TPSA) is 36.9 Å². The van der Waals surface area contributed by atoms with Gasteiger partial charge in [0.05, 0.1) is 31.0 Å². The van der Waals surface area contributed by atoms with Crippen molar-refractivity contribution in [2.45, 2.75) is 71.4 Å². The smallest absolute Gasteiger partial charge is 0.0833 e. The third-order valence-electron chi connectivity index (χ3n) is 2.99. The summed E-state index contributed by atoms with van der Waals surface area (Å²) in [6, 6.07) is 0. The fourth-order valence-electron chi connectivity index (χ4n) is 2.20. The van der Waals surface area contributed by atoms with E-state index in [1.54, 1.807) is 0 Å². The zero-order valence-electron chi connectivity index (χ0n) is 12.9. The number of rotatable bonds is 4. The van der Waals surface area contributed by atoms with Crippen molar-refractivity contribution >= 4 is 0 Å². The zero-order valence-corrected chi connectivity index (χ0v) is 12.9. The van der Waals surface area contributed by atoms with Crippen LogP contribution in [-0.4, -0.2) is 50.8 Å². The van der Waals surface area contributed by atoms with Gasteiger partial charge in [-0.2, -0.15) is 0 Å². The van der Waals surface area contributed by atoms with Crippen LogP contribution < -0.4 is 0 Å². The van der Waals surface area contributed by atoms with Gasteiger partial charge in [0.15, 0.2) is 0 Å². The van der Waals surface area contributed by atoms with Gasteiger partial charge in [0.25, 0.3) is 0 Å². The van der Waals surface area contributed by atoms with Gasteiger partial charge in [-0.15, -0.1) is 0 Å². The molecule has 0 bridgehead atoms. The summed E-state index contributed by atoms with van der Waals surface area (Å²) in [5, 5.41) is 0. The van der Waals surface area contributed by atoms with Gasteiger partial charge in [-0.05, 0) is 47.0 Å². The highest BCUT2D eigenvalue weighted by atomic mass is 16.5. The monoisotopic (exact) mass is 274 g/mol. The first-order valence-corrected chi connectivity index (χ1v) is 7.54. The molecular formula is C15H30O4. The number of hydrogen-bond donors (Lipinski definition) is 0. The Kier molecular flexibility index (Phi) is 8.62. The summed E-state index contributed by atoms with van der Waals surface area (Å²) in [6.45, 7) is 11.7. The highest BCUT2D eigenvalue weighted by molar-refractivity contribution is 4.64. The van der Waals surface area contributed by atoms with E-state index >= 15 is 0 Å². The van der Waals surface area contributed by atoms with E-state index in [-0.39, 0.29) is 0 Å². The maximum absolute atomic E-state index is 5.61. The predicted molar refractivity (Wildman–Crippen MR) is 75.5 cm³/mol. The van der Waals surface area contributed by atoms with E-state index in [0.717, 1.165) is 45.7 Å². The van der Waals surface area contributed by atoms with Crippen LogP contribution in [0.25, 0.3) is 0 Å². The van der Waals surface area contributed by atoms with Gasteiger partial charge in [0, 0.05) is 19.8 Å². The van der Waals surface area contributed by atoms with Gasteiger partial charge in [0.2, 0.25) is 0 Å². The summed E-state index contributed by atoms with van der Waals surface area (Å²) in [6.07, 6.45) is 4.73. The van der Waals surface area contributed by atoms with E-state index in [1.807, 2.05) is 0 Å². The molecule has 0 aromatic rings. The van der Waals surface area contributed by atoms with E-state index in [1.165, 1.54) is 0 Å². The van der Waals surface area contributed by atoms with Gasteiger partial charge in [-0.3, -0.25) is 0 Å². The normalized spacial score (nSPS) is 24.6. The zero-order chi connectivity index (χ0) is 14.1. The van der Waals surface area contributed by atoms with Crippen molar-refractivity contribution in [2.75, 3.05) is 26.4 Å². The van der Waals surface area contributed by atoms with Crippen molar-refractivity contribution in [3.05, 3.63) is 0 Å². The van der Waals surface area contributed by atoms with Crippen LogP contribution in [0.2, 0.25) is 0 Å². The van der Waals surface area contributed by atoms with E-state index in [4.69, 9.17) is 18.9 Å². The van der Waals surface area contributed by atoms with Crippen molar-refractivity contribution < 1.29 is 18.9 Å². The molecule has 0 radical (unpaired) electrons. The maximum Gasteiger partial charge on any atom is 0.0833 e. The van der Waals surface area contributed by atoms with Gasteiger partial charge in [0.1, 0.15) is 0 Å². The predicted octanol–water partition coefficient (Wildman–Crippen LogP) is 2.79. The average Bonchev–Trinajstić information content (AvgIpc) is 2.82. The van der Waals surface area contributed by atoms with Crippen LogP contribution in [-0.2, 0) is 18.9 Å². The van der Waals surface area contributed by atoms with Crippen LogP contribution in [0.15, 0.2) is 0 Å². The quantitative estimate of drug-likeness (QED) is 0.790. The average molecular weight is 274 g/mol. The van der Waals surface area contributed by atoms with Crippen molar-refractivity contribution in [3.8, 4) is 0 Å². The Hall–Kier alpha value is -0.160. The number of hydrogen-bond acceptors (Lipinski definition) is 4. The molecule has 4 nitrogen and oxygen atoms in total. The minimum atomic E-state index is 0.344. The Morgan fingerprint density at radius 1 is 0.737 bits per heavy atom. The maximum atomic E-state index is 5.61. The molecule has 2 rings (SSSR count). The lowest BCUT2D eigenvalue weighted by Gasteiger charge is -2.24. The molecule has 1 unspecified atom stereocenters. The lowest BCUT2D eigenvalue weighted by Crippen LogP contribution is -2.25. The van der Waals surface area contributed by atoms with Gasteiger partial charge >= 0.3 is 0 Å². The molecule has 2 heterocycles. The molecule has 0 N–H and O–H groups in total. The molecule has 0 aromatic heterocycles. The lowest BCUT2D eigenvalue weighted by molar-refractivity contribution is -0.0563. The molecule has 0 amide bonds. The molecule has 1 atom stereocenters. The summed E-state index contributed by atoms with van der Waals surface area (Å²) < 4.78 is 21.4. The second-order valence-electron chi connectivity index (χ2n) is 5.67. The summed E-state index contributed by atoms with van der Waals surface area (Å²) in [7, 11) is 0. The molecule has 114 valence electrons. The third-order valence-corrected chi connectivity index (χ3v) is 2.99. The molecule has 0 saturated carbocycles. The third kappa shape index (κ3) is 8.58. The first-order chi connectivity index (χ1) is 9.08. The highest BCUT2D eigenvalue weighted by Crippen LogP contribution is 2.12. The summed E-state index contributed by atoms with van der Waals surface area (Å²) in [5.41, 5.74) is 0. The van der Waals surface area contributed by atoms with E-state index in [9.17, 15) is 0 Å². The molecule has 19 heavy (non-hydrogen) atoms. The van der Waals surface area contributed by atoms with Crippen molar-refractivity contribution in [3.63, 3.8) is 0 Å². The number of ether oxygens (including phenoxy) is 4. The Morgan fingerprint density at radius 2 is 1.21 bits per heavy atom. The van der Waals surface area contributed by atoms with Crippen molar-refractivity contribution in [2.24, 2.45) is 0 Å². The van der Waals surface area contributed by atoms with Gasteiger partial charge in [-0.25, -0.2) is 0 Å². The Labute approximate surface area is 117 Å². The summed E-state index contributed by atoms with van der Waals surface area (Å²) >= 11 is 0. The lowest BCUT2D eigenvalue weighted by atomic mass is 10.1. The molecule has 0 spiro atoms. The largest absolute Gasteiger partial charge is 0.381 e. The second-order valence-corrected chi connectivity index (χ2v) is 5.67. The van der Waals surface area contributed by atoms with Gasteiger partial charge < -0.3 is 18.9 Å². The molecular weight excluding hydrogens is 244 g/mol. The molecule has 4 heteroatoms. The Balaban J connectivity index is 0.000000191. The minimum Gasteiger partial charge on any atom is -0.381 e. The van der Waals surface area contributed by atoms with Crippen LogP contribution in [0.1, 0.15) is 47.0 Å². The van der Waals surface area contributed by atoms with Crippen molar-refractivity contribution in [1.29, 1.82) is 0 Å². The SMILES string of the molecule is CC(C)OC1CCOC1.CC(C)OC1CCOCC1. The van der Waals surface area contributed by atoms with Crippen LogP contribution in [0.3, 0.4) is 0 Å². The first-order valence-electron chi connectivity index (χ1n) is 7.54. The first kappa shape index (κ1) is 16.9. The molecule has 2 aliphatic heterocycles. The fourth-order valence-corrected chi connectivity index (χ4v) is 2.20. The van der Waals surface area contributed by atoms with Crippen LogP contribution in [0, 0.1) is 0 Å².